The molecule has 0 N–H and O–H groups in total. The molecule has 0 aliphatic carbocycles. The van der Waals surface area contributed by atoms with Crippen molar-refractivity contribution in [2.45, 2.75) is 0 Å². The van der Waals surface area contributed by atoms with Crippen LogP contribution in [0.25, 0.3) is 10.1 Å². The predicted octanol–water partition coefficient (Wildman–Crippen LogP) is 2.81. The number of pyridine rings is 1. The van der Waals surface area contributed by atoms with Crippen LogP contribution in [-0.4, -0.2) is 43.1 Å². The van der Waals surface area contributed by atoms with Crippen LogP contribution in [0.1, 0.15) is 0 Å². The van der Waals surface area contributed by atoms with Crippen LogP contribution in [0.15, 0.2) is 22.1 Å². The molecule has 2 aromatic rings. The first-order valence-corrected chi connectivity index (χ1v) is 7.38. The Labute approximate surface area is 113 Å². The molecule has 3 rings (SSSR count). The lowest BCUT2D eigenvalue weighted by molar-refractivity contribution is 0.312. The number of aromatic nitrogens is 1. The summed E-state index contributed by atoms with van der Waals surface area (Å²) in [6.45, 7) is 4.34. The molecule has 1 saturated heterocycles. The molecule has 0 atom stereocenters. The summed E-state index contributed by atoms with van der Waals surface area (Å²) in [6.07, 6.45) is 1.92. The largest absolute Gasteiger partial charge is 0.353 e. The van der Waals surface area contributed by atoms with Gasteiger partial charge in [-0.05, 0) is 29.0 Å². The van der Waals surface area contributed by atoms with E-state index in [1.807, 2.05) is 6.20 Å². The molecule has 17 heavy (non-hydrogen) atoms. The Balaban J connectivity index is 2.02. The lowest BCUT2D eigenvalue weighted by Crippen LogP contribution is -2.44. The Kier molecular flexibility index (Phi) is 3.06. The third-order valence-corrected chi connectivity index (χ3v) is 5.10. The van der Waals surface area contributed by atoms with Crippen LogP contribution < -0.4 is 4.90 Å². The molecule has 3 heterocycles. The minimum Gasteiger partial charge on any atom is -0.353 e. The Hall–Kier alpha value is -0.650. The molecule has 2 aromatic heterocycles. The van der Waals surface area contributed by atoms with E-state index in [2.05, 4.69) is 49.2 Å². The highest BCUT2D eigenvalue weighted by Gasteiger charge is 2.18. The van der Waals surface area contributed by atoms with E-state index in [1.165, 1.54) is 14.6 Å². The molecular weight excluding hydrogens is 298 g/mol. The van der Waals surface area contributed by atoms with Crippen molar-refractivity contribution in [1.82, 2.24) is 9.88 Å². The van der Waals surface area contributed by atoms with Gasteiger partial charge in [0.25, 0.3) is 0 Å². The standard InChI is InChI=1S/C12H14BrN3S/c1-15-4-6-16(7-5-15)12-11-9(13)8-17-10(11)2-3-14-12/h2-3,8H,4-7H2,1H3. The molecule has 1 aliphatic heterocycles. The predicted molar refractivity (Wildman–Crippen MR) is 77.0 cm³/mol. The lowest BCUT2D eigenvalue weighted by atomic mass is 10.2. The second-order valence-corrected chi connectivity index (χ2v) is 6.15. The van der Waals surface area contributed by atoms with Crippen molar-refractivity contribution in [1.29, 1.82) is 0 Å². The van der Waals surface area contributed by atoms with Gasteiger partial charge < -0.3 is 9.80 Å². The van der Waals surface area contributed by atoms with Gasteiger partial charge in [-0.25, -0.2) is 4.98 Å². The van der Waals surface area contributed by atoms with Crippen LogP contribution in [0.5, 0.6) is 0 Å². The van der Waals surface area contributed by atoms with E-state index in [4.69, 9.17) is 0 Å². The molecule has 90 valence electrons. The Morgan fingerprint density at radius 2 is 2.06 bits per heavy atom. The maximum absolute atomic E-state index is 4.57. The number of piperazine rings is 1. The van der Waals surface area contributed by atoms with Crippen LogP contribution in [0.2, 0.25) is 0 Å². The van der Waals surface area contributed by atoms with Crippen LogP contribution in [0, 0.1) is 0 Å². The highest BCUT2D eigenvalue weighted by Crippen LogP contribution is 2.36. The fourth-order valence-electron chi connectivity index (χ4n) is 2.19. The third kappa shape index (κ3) is 2.07. The van der Waals surface area contributed by atoms with Crippen molar-refractivity contribution in [2.75, 3.05) is 38.1 Å². The zero-order chi connectivity index (χ0) is 11.8. The molecule has 0 radical (unpaired) electrons. The van der Waals surface area contributed by atoms with Crippen LogP contribution in [-0.2, 0) is 0 Å². The maximum Gasteiger partial charge on any atom is 0.138 e. The van der Waals surface area contributed by atoms with Crippen molar-refractivity contribution in [3.8, 4) is 0 Å². The van der Waals surface area contributed by atoms with Gasteiger partial charge in [-0.1, -0.05) is 0 Å². The average molecular weight is 312 g/mol. The number of rotatable bonds is 1. The smallest absolute Gasteiger partial charge is 0.138 e. The van der Waals surface area contributed by atoms with E-state index in [-0.39, 0.29) is 0 Å². The molecule has 0 amide bonds. The molecule has 5 heteroatoms. The maximum atomic E-state index is 4.57. The monoisotopic (exact) mass is 311 g/mol. The minimum atomic E-state index is 1.06. The summed E-state index contributed by atoms with van der Waals surface area (Å²) in [7, 11) is 2.17. The van der Waals surface area contributed by atoms with Gasteiger partial charge in [0.2, 0.25) is 0 Å². The average Bonchev–Trinajstić information content (AvgIpc) is 2.73. The first-order valence-electron chi connectivity index (χ1n) is 5.71. The number of likely N-dealkylation sites (N-methyl/N-ethyl adjacent to an activating group) is 1. The SMILES string of the molecule is CN1CCN(c2nccc3scc(Br)c23)CC1. The van der Waals surface area contributed by atoms with Gasteiger partial charge in [-0.3, -0.25) is 0 Å². The van der Waals surface area contributed by atoms with Crippen LogP contribution >= 0.6 is 27.3 Å². The molecule has 1 fully saturated rings. The summed E-state index contributed by atoms with van der Waals surface area (Å²) in [5.74, 6) is 1.13. The zero-order valence-corrected chi connectivity index (χ0v) is 12.1. The van der Waals surface area contributed by atoms with Gasteiger partial charge in [-0.15, -0.1) is 11.3 Å². The molecule has 0 saturated carbocycles. The van der Waals surface area contributed by atoms with Crippen molar-refractivity contribution in [2.24, 2.45) is 0 Å². The van der Waals surface area contributed by atoms with E-state index >= 15 is 0 Å². The second-order valence-electron chi connectivity index (χ2n) is 4.38. The summed E-state index contributed by atoms with van der Waals surface area (Å²) in [4.78, 5) is 9.32. The summed E-state index contributed by atoms with van der Waals surface area (Å²) in [5, 5.41) is 3.41. The number of nitrogens with zero attached hydrogens (tertiary/aromatic N) is 3. The third-order valence-electron chi connectivity index (χ3n) is 3.22. The Morgan fingerprint density at radius 1 is 1.29 bits per heavy atom. The molecule has 0 aromatic carbocycles. The van der Waals surface area contributed by atoms with Gasteiger partial charge in [0.05, 0.1) is 0 Å². The zero-order valence-electron chi connectivity index (χ0n) is 9.69. The van der Waals surface area contributed by atoms with E-state index in [0.29, 0.717) is 0 Å². The molecule has 1 aliphatic rings. The first kappa shape index (κ1) is 11.4. The molecule has 0 unspecified atom stereocenters. The van der Waals surface area contributed by atoms with Crippen LogP contribution in [0.3, 0.4) is 0 Å². The Morgan fingerprint density at radius 3 is 2.82 bits per heavy atom. The first-order chi connectivity index (χ1) is 8.25. The minimum absolute atomic E-state index is 1.06. The normalized spacial score (nSPS) is 17.9. The van der Waals surface area contributed by atoms with Gasteiger partial charge in [0.15, 0.2) is 0 Å². The number of fused-ring (bicyclic) bond motifs is 1. The quantitative estimate of drug-likeness (QED) is 0.807. The van der Waals surface area contributed by atoms with Gasteiger partial charge >= 0.3 is 0 Å². The van der Waals surface area contributed by atoms with E-state index < -0.39 is 0 Å². The molecule has 3 nitrogen and oxygen atoms in total. The lowest BCUT2D eigenvalue weighted by Gasteiger charge is -2.33. The summed E-state index contributed by atoms with van der Waals surface area (Å²) >= 11 is 5.40. The number of hydrogen-bond donors (Lipinski definition) is 0. The highest BCUT2D eigenvalue weighted by atomic mass is 79.9. The molecule has 0 bridgehead atoms. The van der Waals surface area contributed by atoms with Crippen molar-refractivity contribution in [3.63, 3.8) is 0 Å². The highest BCUT2D eigenvalue weighted by molar-refractivity contribution is 9.10. The van der Waals surface area contributed by atoms with Crippen molar-refractivity contribution >= 4 is 43.2 Å². The number of anilines is 1. The topological polar surface area (TPSA) is 19.4 Å². The molecule has 0 spiro atoms. The van der Waals surface area contributed by atoms with Gasteiger partial charge in [0.1, 0.15) is 5.82 Å². The number of hydrogen-bond acceptors (Lipinski definition) is 4. The summed E-state index contributed by atoms with van der Waals surface area (Å²) < 4.78 is 2.47. The summed E-state index contributed by atoms with van der Waals surface area (Å²) in [5.41, 5.74) is 0. The van der Waals surface area contributed by atoms with Crippen molar-refractivity contribution < 1.29 is 0 Å². The van der Waals surface area contributed by atoms with E-state index in [9.17, 15) is 0 Å². The molecular formula is C12H14BrN3S. The Bertz CT molecular complexity index is 532. The van der Waals surface area contributed by atoms with Crippen molar-refractivity contribution in [3.05, 3.63) is 22.1 Å². The fraction of sp³-hybridized carbons (Fsp3) is 0.417. The fourth-order valence-corrected chi connectivity index (χ4v) is 3.80. The summed E-state index contributed by atoms with van der Waals surface area (Å²) in [6, 6.07) is 2.09. The van der Waals surface area contributed by atoms with Crippen LogP contribution in [0.4, 0.5) is 5.82 Å². The van der Waals surface area contributed by atoms with Gasteiger partial charge in [-0.2, -0.15) is 0 Å². The van der Waals surface area contributed by atoms with E-state index in [1.54, 1.807) is 11.3 Å². The van der Waals surface area contributed by atoms with Gasteiger partial charge in [0, 0.05) is 52.3 Å². The number of thiophene rings is 1. The number of halogens is 1. The second kappa shape index (κ2) is 4.55. The van der Waals surface area contributed by atoms with E-state index in [0.717, 1.165) is 32.0 Å².